The molecule has 1 aliphatic heterocycles. The van der Waals surface area contributed by atoms with Gasteiger partial charge in [-0.3, -0.25) is 9.89 Å². The van der Waals surface area contributed by atoms with Crippen LogP contribution in [0, 0.1) is 0 Å². The van der Waals surface area contributed by atoms with Gasteiger partial charge in [0.05, 0.1) is 17.8 Å². The Kier molecular flexibility index (Phi) is 2.56. The summed E-state index contributed by atoms with van der Waals surface area (Å²) in [7, 11) is 0. The molecule has 94 valence electrons. The zero-order chi connectivity index (χ0) is 12.7. The Balaban J connectivity index is 1.91. The average molecular weight is 245 g/mol. The highest BCUT2D eigenvalue weighted by Gasteiger charge is 2.31. The fourth-order valence-corrected chi connectivity index (χ4v) is 2.53. The normalized spacial score (nSPS) is 23.8. The molecule has 3 rings (SSSR count). The summed E-state index contributed by atoms with van der Waals surface area (Å²) in [6.45, 7) is 2.38. The SMILES string of the molecule is CC1C[C@@H](O)CN1C(=O)c1ccc2[nH]ncc2c1. The van der Waals surface area contributed by atoms with Crippen LogP contribution in [0.3, 0.4) is 0 Å². The van der Waals surface area contributed by atoms with Crippen molar-refractivity contribution < 1.29 is 9.90 Å². The Labute approximate surface area is 104 Å². The smallest absolute Gasteiger partial charge is 0.254 e. The molecule has 1 fully saturated rings. The quantitative estimate of drug-likeness (QED) is 0.792. The largest absolute Gasteiger partial charge is 0.391 e. The lowest BCUT2D eigenvalue weighted by molar-refractivity contribution is 0.0726. The summed E-state index contributed by atoms with van der Waals surface area (Å²) in [5.41, 5.74) is 1.56. The lowest BCUT2D eigenvalue weighted by atomic mass is 10.1. The van der Waals surface area contributed by atoms with Crippen molar-refractivity contribution in [3.8, 4) is 0 Å². The van der Waals surface area contributed by atoms with Gasteiger partial charge in [0.25, 0.3) is 5.91 Å². The first-order chi connectivity index (χ1) is 8.65. The van der Waals surface area contributed by atoms with E-state index in [0.717, 1.165) is 10.9 Å². The van der Waals surface area contributed by atoms with Crippen LogP contribution in [-0.2, 0) is 0 Å². The highest BCUT2D eigenvalue weighted by molar-refractivity contribution is 5.98. The molecule has 1 amide bonds. The molecule has 1 aromatic carbocycles. The molecule has 0 radical (unpaired) electrons. The fraction of sp³-hybridized carbons (Fsp3) is 0.385. The van der Waals surface area contributed by atoms with Crippen molar-refractivity contribution in [1.82, 2.24) is 15.1 Å². The number of rotatable bonds is 1. The van der Waals surface area contributed by atoms with Crippen molar-refractivity contribution in [2.75, 3.05) is 6.54 Å². The van der Waals surface area contributed by atoms with E-state index in [-0.39, 0.29) is 11.9 Å². The van der Waals surface area contributed by atoms with Crippen LogP contribution in [0.4, 0.5) is 0 Å². The van der Waals surface area contributed by atoms with Gasteiger partial charge in [0.1, 0.15) is 0 Å². The second-order valence-electron chi connectivity index (χ2n) is 4.87. The Morgan fingerprint density at radius 3 is 3.11 bits per heavy atom. The van der Waals surface area contributed by atoms with E-state index >= 15 is 0 Å². The fourth-order valence-electron chi connectivity index (χ4n) is 2.53. The van der Waals surface area contributed by atoms with Crippen LogP contribution in [0.1, 0.15) is 23.7 Å². The summed E-state index contributed by atoms with van der Waals surface area (Å²) < 4.78 is 0. The molecule has 0 spiro atoms. The molecule has 2 N–H and O–H groups in total. The Morgan fingerprint density at radius 2 is 2.39 bits per heavy atom. The van der Waals surface area contributed by atoms with Crippen molar-refractivity contribution >= 4 is 16.8 Å². The van der Waals surface area contributed by atoms with Crippen LogP contribution >= 0.6 is 0 Å². The molecule has 0 saturated carbocycles. The summed E-state index contributed by atoms with van der Waals surface area (Å²) in [5.74, 6) is -0.0258. The number of hydrogen-bond acceptors (Lipinski definition) is 3. The highest BCUT2D eigenvalue weighted by atomic mass is 16.3. The summed E-state index contributed by atoms with van der Waals surface area (Å²) in [5, 5.41) is 17.3. The van der Waals surface area contributed by atoms with Gasteiger partial charge in [-0.25, -0.2) is 0 Å². The van der Waals surface area contributed by atoms with E-state index in [0.29, 0.717) is 18.5 Å². The molecule has 2 heterocycles. The molecule has 1 unspecified atom stereocenters. The molecule has 0 bridgehead atoms. The van der Waals surface area contributed by atoms with Gasteiger partial charge in [0.2, 0.25) is 0 Å². The van der Waals surface area contributed by atoms with E-state index in [1.807, 2.05) is 19.1 Å². The van der Waals surface area contributed by atoms with Gasteiger partial charge in [-0.15, -0.1) is 0 Å². The topological polar surface area (TPSA) is 69.2 Å². The Bertz CT molecular complexity index is 593. The number of nitrogens with zero attached hydrogens (tertiary/aromatic N) is 2. The minimum Gasteiger partial charge on any atom is -0.391 e. The minimum atomic E-state index is -0.401. The van der Waals surface area contributed by atoms with Crippen molar-refractivity contribution in [2.24, 2.45) is 0 Å². The second-order valence-corrected chi connectivity index (χ2v) is 4.87. The molecule has 0 aliphatic carbocycles. The number of aliphatic hydroxyl groups excluding tert-OH is 1. The van der Waals surface area contributed by atoms with E-state index in [9.17, 15) is 9.90 Å². The van der Waals surface area contributed by atoms with Crippen LogP contribution < -0.4 is 0 Å². The maximum Gasteiger partial charge on any atom is 0.254 e. The van der Waals surface area contributed by atoms with Crippen molar-refractivity contribution in [3.63, 3.8) is 0 Å². The number of aliphatic hydroxyl groups is 1. The van der Waals surface area contributed by atoms with Crippen molar-refractivity contribution in [2.45, 2.75) is 25.5 Å². The van der Waals surface area contributed by atoms with Crippen LogP contribution in [0.25, 0.3) is 10.9 Å². The summed E-state index contributed by atoms with van der Waals surface area (Å²) >= 11 is 0. The molecule has 1 aromatic heterocycles. The van der Waals surface area contributed by atoms with Gasteiger partial charge in [0.15, 0.2) is 0 Å². The Hall–Kier alpha value is -1.88. The number of benzene rings is 1. The lowest BCUT2D eigenvalue weighted by Gasteiger charge is -2.21. The number of fused-ring (bicyclic) bond motifs is 1. The van der Waals surface area contributed by atoms with Crippen molar-refractivity contribution in [3.05, 3.63) is 30.0 Å². The van der Waals surface area contributed by atoms with Gasteiger partial charge in [0, 0.05) is 23.5 Å². The van der Waals surface area contributed by atoms with E-state index in [4.69, 9.17) is 0 Å². The number of H-pyrrole nitrogens is 1. The minimum absolute atomic E-state index is 0.0258. The number of hydrogen-bond donors (Lipinski definition) is 2. The maximum atomic E-state index is 12.4. The maximum absolute atomic E-state index is 12.4. The molecule has 1 saturated heterocycles. The van der Waals surface area contributed by atoms with E-state index in [1.54, 1.807) is 17.2 Å². The molecule has 5 heteroatoms. The third-order valence-electron chi connectivity index (χ3n) is 3.50. The molecular weight excluding hydrogens is 230 g/mol. The van der Waals surface area contributed by atoms with Gasteiger partial charge < -0.3 is 10.0 Å². The van der Waals surface area contributed by atoms with Gasteiger partial charge in [-0.1, -0.05) is 0 Å². The number of β-amino-alcohol motifs (C(OH)–C–C–N with tert-alkyl or cyclic N) is 1. The molecule has 2 atom stereocenters. The van der Waals surface area contributed by atoms with Crippen LogP contribution in [0.15, 0.2) is 24.4 Å². The number of amides is 1. The third kappa shape index (κ3) is 1.76. The second kappa shape index (κ2) is 4.10. The molecule has 5 nitrogen and oxygen atoms in total. The number of carbonyl (C=O) groups is 1. The summed E-state index contributed by atoms with van der Waals surface area (Å²) in [6.07, 6.45) is 1.95. The number of aromatic amines is 1. The van der Waals surface area contributed by atoms with Gasteiger partial charge >= 0.3 is 0 Å². The highest BCUT2D eigenvalue weighted by Crippen LogP contribution is 2.21. The van der Waals surface area contributed by atoms with Gasteiger partial charge in [-0.2, -0.15) is 5.10 Å². The number of nitrogens with one attached hydrogen (secondary N) is 1. The standard InChI is InChI=1S/C13H15N3O2/c1-8-4-11(17)7-16(8)13(18)9-2-3-12-10(5-9)6-14-15-12/h2-3,5-6,8,11,17H,4,7H2,1H3,(H,14,15)/t8?,11-/m1/s1. The van der Waals surface area contributed by atoms with Gasteiger partial charge in [-0.05, 0) is 31.5 Å². The predicted molar refractivity (Wildman–Crippen MR) is 67.2 cm³/mol. The van der Waals surface area contributed by atoms with Crippen LogP contribution in [0.5, 0.6) is 0 Å². The summed E-state index contributed by atoms with van der Waals surface area (Å²) in [4.78, 5) is 14.1. The van der Waals surface area contributed by atoms with E-state index in [1.165, 1.54) is 0 Å². The van der Waals surface area contributed by atoms with E-state index < -0.39 is 6.10 Å². The first-order valence-corrected chi connectivity index (χ1v) is 6.07. The van der Waals surface area contributed by atoms with E-state index in [2.05, 4.69) is 10.2 Å². The monoisotopic (exact) mass is 245 g/mol. The number of likely N-dealkylation sites (tertiary alicyclic amines) is 1. The third-order valence-corrected chi connectivity index (χ3v) is 3.50. The van der Waals surface area contributed by atoms with Crippen molar-refractivity contribution in [1.29, 1.82) is 0 Å². The zero-order valence-corrected chi connectivity index (χ0v) is 10.1. The molecule has 2 aromatic rings. The average Bonchev–Trinajstić information content (AvgIpc) is 2.93. The molecule has 1 aliphatic rings. The lowest BCUT2D eigenvalue weighted by Crippen LogP contribution is -2.34. The Morgan fingerprint density at radius 1 is 1.56 bits per heavy atom. The molecule has 18 heavy (non-hydrogen) atoms. The first kappa shape index (κ1) is 11.2. The number of aromatic nitrogens is 2. The zero-order valence-electron chi connectivity index (χ0n) is 10.1. The first-order valence-electron chi connectivity index (χ1n) is 6.07. The molecular formula is C13H15N3O2. The van der Waals surface area contributed by atoms with Crippen LogP contribution in [0.2, 0.25) is 0 Å². The predicted octanol–water partition coefficient (Wildman–Crippen LogP) is 1.16. The van der Waals surface area contributed by atoms with Crippen LogP contribution in [-0.4, -0.2) is 44.8 Å². The summed E-state index contributed by atoms with van der Waals surface area (Å²) in [6, 6.07) is 5.57. The number of carbonyl (C=O) groups excluding carboxylic acids is 1.